The minimum atomic E-state index is -3.94. The van der Waals surface area contributed by atoms with Crippen LogP contribution in [0.5, 0.6) is 11.5 Å². The number of hydrogen-bond donors (Lipinski definition) is 0. The summed E-state index contributed by atoms with van der Waals surface area (Å²) in [5, 5.41) is 0. The number of amidine groups is 1. The molecular formula is C26H31N2O3P. The van der Waals surface area contributed by atoms with Crippen molar-refractivity contribution in [1.82, 2.24) is 4.90 Å². The third kappa shape index (κ3) is 6.73. The van der Waals surface area contributed by atoms with Crippen molar-refractivity contribution in [1.29, 1.82) is 0 Å². The Labute approximate surface area is 191 Å². The van der Waals surface area contributed by atoms with Crippen LogP contribution in [0.2, 0.25) is 0 Å². The average Bonchev–Trinajstić information content (AvgIpc) is 2.75. The van der Waals surface area contributed by atoms with Gasteiger partial charge < -0.3 is 13.9 Å². The van der Waals surface area contributed by atoms with Gasteiger partial charge in [0.15, 0.2) is 0 Å². The van der Waals surface area contributed by atoms with Crippen molar-refractivity contribution in [3.63, 3.8) is 0 Å². The Morgan fingerprint density at radius 3 is 1.56 bits per heavy atom. The van der Waals surface area contributed by atoms with Crippen LogP contribution in [0.25, 0.3) is 0 Å². The smallest absolute Gasteiger partial charge is 0.399 e. The molecule has 0 radical (unpaired) electrons. The maximum atomic E-state index is 14.0. The van der Waals surface area contributed by atoms with E-state index < -0.39 is 7.75 Å². The van der Waals surface area contributed by atoms with Gasteiger partial charge in [0.05, 0.1) is 0 Å². The lowest BCUT2D eigenvalue weighted by atomic mass is 10.1. The first-order valence-corrected chi connectivity index (χ1v) is 12.4. The van der Waals surface area contributed by atoms with Gasteiger partial charge in [0.25, 0.3) is 0 Å². The lowest BCUT2D eigenvalue weighted by molar-refractivity contribution is 0.287. The zero-order valence-corrected chi connectivity index (χ0v) is 20.0. The van der Waals surface area contributed by atoms with Crippen LogP contribution in [0.3, 0.4) is 0 Å². The summed E-state index contributed by atoms with van der Waals surface area (Å²) in [6.45, 7) is 8.40. The van der Waals surface area contributed by atoms with Gasteiger partial charge >= 0.3 is 7.75 Å². The second kappa shape index (κ2) is 11.0. The molecule has 5 nitrogen and oxygen atoms in total. The summed E-state index contributed by atoms with van der Waals surface area (Å²) < 4.78 is 30.5. The fraction of sp³-hybridized carbons (Fsp3) is 0.269. The molecule has 0 heterocycles. The minimum absolute atomic E-state index is 0.152. The van der Waals surface area contributed by atoms with Gasteiger partial charge in [0, 0.05) is 18.5 Å². The van der Waals surface area contributed by atoms with Gasteiger partial charge in [-0.1, -0.05) is 66.7 Å². The average molecular weight is 451 g/mol. The molecule has 0 atom stereocenters. The maximum Gasteiger partial charge on any atom is 0.564 e. The van der Waals surface area contributed by atoms with Gasteiger partial charge in [-0.2, -0.15) is 0 Å². The van der Waals surface area contributed by atoms with Crippen LogP contribution in [0.1, 0.15) is 33.3 Å². The molecule has 0 aliphatic heterocycles. The molecule has 3 aromatic carbocycles. The van der Waals surface area contributed by atoms with E-state index in [0.717, 1.165) is 5.56 Å². The third-order valence-electron chi connectivity index (χ3n) is 4.78. The van der Waals surface area contributed by atoms with E-state index in [2.05, 4.69) is 32.6 Å². The van der Waals surface area contributed by atoms with Crippen LogP contribution in [-0.2, 0) is 11.0 Å². The van der Waals surface area contributed by atoms with E-state index in [1.54, 1.807) is 24.3 Å². The maximum absolute atomic E-state index is 14.0. The predicted molar refractivity (Wildman–Crippen MR) is 131 cm³/mol. The number of benzene rings is 3. The van der Waals surface area contributed by atoms with E-state index >= 15 is 0 Å². The lowest BCUT2D eigenvalue weighted by Gasteiger charge is -2.34. The molecule has 168 valence electrons. The molecule has 0 aliphatic carbocycles. The zero-order chi connectivity index (χ0) is 23.0. The normalized spacial score (nSPS) is 12.1. The molecule has 3 rings (SSSR count). The Morgan fingerprint density at radius 2 is 1.16 bits per heavy atom. The Morgan fingerprint density at radius 1 is 0.750 bits per heavy atom. The highest BCUT2D eigenvalue weighted by Crippen LogP contribution is 2.50. The summed E-state index contributed by atoms with van der Waals surface area (Å²) in [4.78, 5) is 2.16. The molecule has 0 unspecified atom stereocenters. The van der Waals surface area contributed by atoms with E-state index in [9.17, 15) is 4.57 Å². The molecule has 3 aromatic rings. The highest BCUT2D eigenvalue weighted by atomic mass is 31.2. The molecule has 0 aromatic heterocycles. The summed E-state index contributed by atoms with van der Waals surface area (Å²) in [5.74, 6) is 1.54. The molecule has 0 spiro atoms. The van der Waals surface area contributed by atoms with Crippen LogP contribution in [0.4, 0.5) is 0 Å². The molecular weight excluding hydrogens is 419 g/mol. The van der Waals surface area contributed by atoms with Crippen molar-refractivity contribution in [3.8, 4) is 11.5 Å². The third-order valence-corrected chi connectivity index (χ3v) is 6.14. The van der Waals surface area contributed by atoms with Crippen molar-refractivity contribution in [3.05, 3.63) is 96.6 Å². The first-order chi connectivity index (χ1) is 15.4. The van der Waals surface area contributed by atoms with Crippen molar-refractivity contribution in [2.24, 2.45) is 4.76 Å². The second-order valence-electron chi connectivity index (χ2n) is 8.05. The Bertz CT molecular complexity index is 985. The quantitative estimate of drug-likeness (QED) is 0.200. The van der Waals surface area contributed by atoms with Crippen molar-refractivity contribution < 1.29 is 13.6 Å². The zero-order valence-electron chi connectivity index (χ0n) is 19.1. The van der Waals surface area contributed by atoms with Crippen LogP contribution in [0.15, 0.2) is 95.8 Å². The highest BCUT2D eigenvalue weighted by Gasteiger charge is 2.32. The first-order valence-electron chi connectivity index (χ1n) is 10.9. The van der Waals surface area contributed by atoms with E-state index in [0.29, 0.717) is 23.8 Å². The molecule has 0 saturated carbocycles. The van der Waals surface area contributed by atoms with Crippen LogP contribution in [0, 0.1) is 0 Å². The molecule has 0 N–H and O–H groups in total. The Hall–Kier alpha value is -3.04. The van der Waals surface area contributed by atoms with Gasteiger partial charge in [-0.15, -0.1) is 4.76 Å². The van der Waals surface area contributed by atoms with Gasteiger partial charge in [-0.25, -0.2) is 4.57 Å². The summed E-state index contributed by atoms with van der Waals surface area (Å²) >= 11 is 0. The summed E-state index contributed by atoms with van der Waals surface area (Å²) in [6, 6.07) is 28.4. The fourth-order valence-electron chi connectivity index (χ4n) is 3.58. The topological polar surface area (TPSA) is 51.1 Å². The molecule has 0 aliphatic rings. The standard InChI is InChI=1S/C26H31N2O3P/c1-21(2)28(22(3)4)26(20-23-14-8-5-9-15-23)27-32(29,30-24-16-10-6-11-17-24)31-25-18-12-7-13-19-25/h5-19,21-22H,20H2,1-4H3/b27-26+. The van der Waals surface area contributed by atoms with E-state index in [1.807, 2.05) is 66.7 Å². The molecule has 0 bridgehead atoms. The number of hydrogen-bond acceptors (Lipinski definition) is 3. The van der Waals surface area contributed by atoms with E-state index in [4.69, 9.17) is 13.8 Å². The highest BCUT2D eigenvalue weighted by molar-refractivity contribution is 7.53. The summed E-state index contributed by atoms with van der Waals surface area (Å²) in [6.07, 6.45) is 0.511. The monoisotopic (exact) mass is 450 g/mol. The van der Waals surface area contributed by atoms with Gasteiger partial charge in [0.1, 0.15) is 17.3 Å². The molecule has 0 amide bonds. The Balaban J connectivity index is 2.07. The SMILES string of the molecule is CC(C)N(/C(Cc1ccccc1)=N/P(=O)(Oc1ccccc1)Oc1ccccc1)C(C)C. The van der Waals surface area contributed by atoms with Crippen LogP contribution < -0.4 is 9.05 Å². The van der Waals surface area contributed by atoms with Gasteiger partial charge in [-0.3, -0.25) is 0 Å². The van der Waals surface area contributed by atoms with E-state index in [-0.39, 0.29) is 12.1 Å². The fourth-order valence-corrected chi connectivity index (χ4v) is 4.93. The van der Waals surface area contributed by atoms with Gasteiger partial charge in [-0.05, 0) is 57.5 Å². The molecule has 32 heavy (non-hydrogen) atoms. The Kier molecular flexibility index (Phi) is 8.13. The van der Waals surface area contributed by atoms with Crippen molar-refractivity contribution >= 4 is 13.6 Å². The number of rotatable bonds is 9. The molecule has 6 heteroatoms. The minimum Gasteiger partial charge on any atom is -0.399 e. The largest absolute Gasteiger partial charge is 0.564 e. The van der Waals surface area contributed by atoms with Gasteiger partial charge in [0.2, 0.25) is 0 Å². The van der Waals surface area contributed by atoms with Crippen LogP contribution >= 0.6 is 7.75 Å². The number of para-hydroxylation sites is 2. The molecule has 0 saturated heterocycles. The number of nitrogens with zero attached hydrogens (tertiary/aromatic N) is 2. The summed E-state index contributed by atoms with van der Waals surface area (Å²) in [5.41, 5.74) is 1.07. The van der Waals surface area contributed by atoms with E-state index in [1.165, 1.54) is 0 Å². The second-order valence-corrected chi connectivity index (χ2v) is 9.55. The lowest BCUT2D eigenvalue weighted by Crippen LogP contribution is -2.43. The van der Waals surface area contributed by atoms with Crippen molar-refractivity contribution in [2.75, 3.05) is 0 Å². The van der Waals surface area contributed by atoms with Crippen LogP contribution in [-0.4, -0.2) is 22.8 Å². The molecule has 0 fully saturated rings. The predicted octanol–water partition coefficient (Wildman–Crippen LogP) is 7.01. The summed E-state index contributed by atoms with van der Waals surface area (Å²) in [7, 11) is -3.94. The first kappa shape index (κ1) is 23.6. The van der Waals surface area contributed by atoms with Crippen molar-refractivity contribution in [2.45, 2.75) is 46.2 Å².